The van der Waals surface area contributed by atoms with Crippen molar-refractivity contribution >= 4 is 54.2 Å². The molecule has 1 N–H and O–H groups in total. The molecule has 0 saturated carbocycles. The lowest BCUT2D eigenvalue weighted by molar-refractivity contribution is -0.130. The van der Waals surface area contributed by atoms with Gasteiger partial charge in [0.1, 0.15) is 0 Å². The van der Waals surface area contributed by atoms with Gasteiger partial charge in [-0.25, -0.2) is 20.8 Å². The van der Waals surface area contributed by atoms with Gasteiger partial charge in [-0.2, -0.15) is 0 Å². The SMILES string of the molecule is CC1CN(C(=O)c2ccccc2)CCN1C(=O)C(=O)c1cn(S(C)(=O)=O)c2c(NS(C)(=O)=O)cccc12. The van der Waals surface area contributed by atoms with Gasteiger partial charge in [-0.3, -0.25) is 19.1 Å². The molecule has 1 atom stereocenters. The molecular formula is C24H26N4O7S2. The Balaban J connectivity index is 1.64. The number of sulfonamides is 1. The fraction of sp³-hybridized carbons (Fsp3) is 0.292. The van der Waals surface area contributed by atoms with Crippen molar-refractivity contribution in [2.75, 3.05) is 36.9 Å². The maximum atomic E-state index is 13.4. The van der Waals surface area contributed by atoms with Crippen LogP contribution in [0.4, 0.5) is 5.69 Å². The molecule has 1 saturated heterocycles. The zero-order valence-corrected chi connectivity index (χ0v) is 22.0. The molecule has 0 spiro atoms. The second kappa shape index (κ2) is 9.63. The number of anilines is 1. The van der Waals surface area contributed by atoms with Crippen LogP contribution in [0.2, 0.25) is 0 Å². The lowest BCUT2D eigenvalue weighted by Gasteiger charge is -2.39. The zero-order chi connectivity index (χ0) is 27.1. The largest absolute Gasteiger partial charge is 0.335 e. The highest BCUT2D eigenvalue weighted by Crippen LogP contribution is 2.31. The van der Waals surface area contributed by atoms with Crippen LogP contribution in [0.5, 0.6) is 0 Å². The van der Waals surface area contributed by atoms with Crippen LogP contribution in [0.3, 0.4) is 0 Å². The summed E-state index contributed by atoms with van der Waals surface area (Å²) in [5.74, 6) is -1.94. The Kier molecular flexibility index (Phi) is 6.86. The molecular weight excluding hydrogens is 520 g/mol. The normalized spacial score (nSPS) is 16.6. The van der Waals surface area contributed by atoms with Crippen LogP contribution in [-0.4, -0.2) is 86.4 Å². The predicted octanol–water partition coefficient (Wildman–Crippen LogP) is 1.38. The molecule has 37 heavy (non-hydrogen) atoms. The van der Waals surface area contributed by atoms with Gasteiger partial charge in [-0.1, -0.05) is 30.3 Å². The van der Waals surface area contributed by atoms with E-state index in [9.17, 15) is 31.2 Å². The smallest absolute Gasteiger partial charge is 0.295 e. The van der Waals surface area contributed by atoms with Crippen LogP contribution in [0.25, 0.3) is 10.9 Å². The van der Waals surface area contributed by atoms with Gasteiger partial charge in [0.25, 0.3) is 17.6 Å². The molecule has 196 valence electrons. The number of nitrogens with zero attached hydrogens (tertiary/aromatic N) is 3. The van der Waals surface area contributed by atoms with E-state index in [1.54, 1.807) is 36.1 Å². The van der Waals surface area contributed by atoms with E-state index in [0.29, 0.717) is 5.56 Å². The monoisotopic (exact) mass is 546 g/mol. The molecule has 2 amide bonds. The molecule has 2 heterocycles. The van der Waals surface area contributed by atoms with Crippen LogP contribution in [-0.2, 0) is 24.8 Å². The third kappa shape index (κ3) is 5.37. The van der Waals surface area contributed by atoms with Gasteiger partial charge in [0.15, 0.2) is 0 Å². The van der Waals surface area contributed by atoms with Gasteiger partial charge in [-0.15, -0.1) is 0 Å². The van der Waals surface area contributed by atoms with Gasteiger partial charge >= 0.3 is 0 Å². The van der Waals surface area contributed by atoms with Gasteiger partial charge in [0.2, 0.25) is 20.0 Å². The lowest BCUT2D eigenvalue weighted by atomic mass is 10.1. The van der Waals surface area contributed by atoms with Gasteiger partial charge in [0, 0.05) is 42.8 Å². The molecule has 0 radical (unpaired) electrons. The molecule has 4 rings (SSSR count). The summed E-state index contributed by atoms with van der Waals surface area (Å²) in [7, 11) is -7.73. The van der Waals surface area contributed by atoms with Crippen LogP contribution >= 0.6 is 0 Å². The fourth-order valence-corrected chi connectivity index (χ4v) is 5.82. The van der Waals surface area contributed by atoms with Gasteiger partial charge < -0.3 is 9.80 Å². The topological polar surface area (TPSA) is 143 Å². The van der Waals surface area contributed by atoms with Crippen LogP contribution in [0, 0.1) is 0 Å². The summed E-state index contributed by atoms with van der Waals surface area (Å²) in [6.07, 6.45) is 2.86. The highest BCUT2D eigenvalue weighted by Gasteiger charge is 2.35. The number of hydrogen-bond acceptors (Lipinski definition) is 7. The number of amides is 2. The second-order valence-electron chi connectivity index (χ2n) is 8.97. The second-order valence-corrected chi connectivity index (χ2v) is 12.6. The standard InChI is InChI=1S/C24H26N4O7S2/c1-16-14-26(23(30)17-8-5-4-6-9-17)12-13-27(16)24(31)22(29)19-15-28(37(3,34)35)21-18(19)10-7-11-20(21)25-36(2,32)33/h4-11,15-16,25H,12-14H2,1-3H3. The molecule has 1 aliphatic heterocycles. The first kappa shape index (κ1) is 26.4. The van der Waals surface area contributed by atoms with Crippen molar-refractivity contribution in [1.29, 1.82) is 0 Å². The molecule has 1 unspecified atom stereocenters. The van der Waals surface area contributed by atoms with Crippen LogP contribution in [0.1, 0.15) is 27.6 Å². The fourth-order valence-electron chi connectivity index (χ4n) is 4.43. The first-order valence-corrected chi connectivity index (χ1v) is 15.0. The quantitative estimate of drug-likeness (QED) is 0.363. The van der Waals surface area contributed by atoms with Crippen molar-refractivity contribution in [3.8, 4) is 0 Å². The van der Waals surface area contributed by atoms with Crippen molar-refractivity contribution in [3.05, 3.63) is 65.9 Å². The number of para-hydroxylation sites is 1. The molecule has 2 aromatic carbocycles. The number of rotatable bonds is 6. The number of carbonyl (C=O) groups excluding carboxylic acids is 3. The van der Waals surface area contributed by atoms with Crippen molar-refractivity contribution in [1.82, 2.24) is 13.8 Å². The van der Waals surface area contributed by atoms with E-state index in [1.807, 2.05) is 6.07 Å². The average Bonchev–Trinajstić information content (AvgIpc) is 3.24. The maximum absolute atomic E-state index is 13.4. The van der Waals surface area contributed by atoms with Crippen molar-refractivity contribution in [2.45, 2.75) is 13.0 Å². The van der Waals surface area contributed by atoms with Gasteiger partial charge in [-0.05, 0) is 25.1 Å². The Morgan fingerprint density at radius 2 is 1.59 bits per heavy atom. The molecule has 0 aliphatic carbocycles. The number of hydrogen-bond donors (Lipinski definition) is 1. The molecule has 0 bridgehead atoms. The Morgan fingerprint density at radius 1 is 0.919 bits per heavy atom. The van der Waals surface area contributed by atoms with E-state index in [-0.39, 0.29) is 47.7 Å². The van der Waals surface area contributed by atoms with E-state index in [4.69, 9.17) is 0 Å². The average molecular weight is 547 g/mol. The minimum absolute atomic E-state index is 0.0432. The molecule has 3 aromatic rings. The summed E-state index contributed by atoms with van der Waals surface area (Å²) in [6, 6.07) is 12.6. The number of benzene rings is 2. The lowest BCUT2D eigenvalue weighted by Crippen LogP contribution is -2.56. The molecule has 13 heteroatoms. The minimum Gasteiger partial charge on any atom is -0.335 e. The highest BCUT2D eigenvalue weighted by molar-refractivity contribution is 7.92. The predicted molar refractivity (Wildman–Crippen MR) is 138 cm³/mol. The Labute approximate surface area is 214 Å². The maximum Gasteiger partial charge on any atom is 0.295 e. The summed E-state index contributed by atoms with van der Waals surface area (Å²) < 4.78 is 51.7. The van der Waals surface area contributed by atoms with Crippen molar-refractivity contribution in [3.63, 3.8) is 0 Å². The summed E-state index contributed by atoms with van der Waals surface area (Å²) >= 11 is 0. The molecule has 1 aromatic heterocycles. The molecule has 11 nitrogen and oxygen atoms in total. The number of piperazine rings is 1. The van der Waals surface area contributed by atoms with Crippen LogP contribution in [0.15, 0.2) is 54.7 Å². The van der Waals surface area contributed by atoms with Crippen molar-refractivity contribution in [2.24, 2.45) is 0 Å². The number of nitrogens with one attached hydrogen (secondary N) is 1. The number of fused-ring (bicyclic) bond motifs is 1. The van der Waals surface area contributed by atoms with E-state index in [2.05, 4.69) is 4.72 Å². The van der Waals surface area contributed by atoms with Crippen LogP contribution < -0.4 is 4.72 Å². The van der Waals surface area contributed by atoms with E-state index in [1.165, 1.54) is 23.1 Å². The summed E-state index contributed by atoms with van der Waals surface area (Å²) in [6.45, 7) is 2.30. The summed E-state index contributed by atoms with van der Waals surface area (Å²) in [5.41, 5.74) is 0.256. The number of ketones is 1. The van der Waals surface area contributed by atoms with E-state index in [0.717, 1.165) is 22.7 Å². The Bertz CT molecular complexity index is 1610. The van der Waals surface area contributed by atoms with E-state index >= 15 is 0 Å². The molecule has 1 fully saturated rings. The number of carbonyl (C=O) groups is 3. The first-order chi connectivity index (χ1) is 17.3. The minimum atomic E-state index is -3.96. The molecule has 1 aliphatic rings. The first-order valence-electron chi connectivity index (χ1n) is 11.3. The number of Topliss-reactive ketones (excluding diaryl/α,β-unsaturated/α-hetero) is 1. The van der Waals surface area contributed by atoms with Crippen molar-refractivity contribution < 1.29 is 31.2 Å². The Hall–Kier alpha value is -3.71. The van der Waals surface area contributed by atoms with E-state index < -0.39 is 37.8 Å². The number of aromatic nitrogens is 1. The Morgan fingerprint density at radius 3 is 2.19 bits per heavy atom. The third-order valence-electron chi connectivity index (χ3n) is 6.08. The zero-order valence-electron chi connectivity index (χ0n) is 20.4. The highest BCUT2D eigenvalue weighted by atomic mass is 32.2. The third-order valence-corrected chi connectivity index (χ3v) is 7.67. The summed E-state index contributed by atoms with van der Waals surface area (Å²) in [5, 5.41) is 0.114. The van der Waals surface area contributed by atoms with Gasteiger partial charge in [0.05, 0.1) is 29.3 Å². The summed E-state index contributed by atoms with van der Waals surface area (Å²) in [4.78, 5) is 42.4.